The lowest BCUT2D eigenvalue weighted by molar-refractivity contribution is 0.0219. The first-order chi connectivity index (χ1) is 10.2. The van der Waals surface area contributed by atoms with E-state index < -0.39 is 5.60 Å². The number of hydrogen-bond donors (Lipinski definition) is 2. The molecule has 2 aliphatic rings. The second kappa shape index (κ2) is 6.75. The van der Waals surface area contributed by atoms with Gasteiger partial charge in [0.1, 0.15) is 0 Å². The van der Waals surface area contributed by atoms with E-state index in [0.717, 1.165) is 32.6 Å². The summed E-state index contributed by atoms with van der Waals surface area (Å²) in [5, 5.41) is 13.1. The van der Waals surface area contributed by atoms with Crippen LogP contribution in [0.5, 0.6) is 0 Å². The predicted octanol–water partition coefficient (Wildman–Crippen LogP) is 2.05. The van der Waals surface area contributed by atoms with Crippen LogP contribution in [0.1, 0.15) is 53.4 Å². The maximum Gasteiger partial charge on any atom is 0.317 e. The maximum atomic E-state index is 12.5. The van der Waals surface area contributed by atoms with Crippen LogP contribution in [0.25, 0.3) is 0 Å². The minimum Gasteiger partial charge on any atom is -0.389 e. The molecule has 0 aromatic carbocycles. The molecule has 1 aliphatic heterocycles. The highest BCUT2D eigenvalue weighted by Crippen LogP contribution is 2.35. The topological polar surface area (TPSA) is 55.8 Å². The summed E-state index contributed by atoms with van der Waals surface area (Å²) in [6.45, 7) is 12.0. The highest BCUT2D eigenvalue weighted by Gasteiger charge is 2.34. The molecule has 22 heavy (non-hydrogen) atoms. The van der Waals surface area contributed by atoms with E-state index in [9.17, 15) is 9.90 Å². The Balaban J connectivity index is 1.80. The van der Waals surface area contributed by atoms with E-state index in [0.29, 0.717) is 12.6 Å². The molecule has 1 heterocycles. The molecule has 1 aliphatic carbocycles. The van der Waals surface area contributed by atoms with Crippen molar-refractivity contribution in [3.63, 3.8) is 0 Å². The van der Waals surface area contributed by atoms with E-state index >= 15 is 0 Å². The Morgan fingerprint density at radius 1 is 1.23 bits per heavy atom. The van der Waals surface area contributed by atoms with E-state index in [1.807, 2.05) is 18.7 Å². The summed E-state index contributed by atoms with van der Waals surface area (Å²) in [7, 11) is 0. The first kappa shape index (κ1) is 17.5. The largest absolute Gasteiger partial charge is 0.389 e. The van der Waals surface area contributed by atoms with Gasteiger partial charge in [0, 0.05) is 38.8 Å². The van der Waals surface area contributed by atoms with Gasteiger partial charge in [-0.2, -0.15) is 0 Å². The van der Waals surface area contributed by atoms with Gasteiger partial charge in [-0.25, -0.2) is 4.79 Å². The minimum atomic E-state index is -0.670. The number of nitrogens with one attached hydrogen (secondary N) is 1. The average molecular weight is 311 g/mol. The lowest BCUT2D eigenvalue weighted by Crippen LogP contribution is -2.57. The third-order valence-corrected chi connectivity index (χ3v) is 5.07. The molecule has 2 amide bonds. The van der Waals surface area contributed by atoms with Crippen molar-refractivity contribution in [2.75, 3.05) is 32.7 Å². The number of aliphatic hydroxyl groups is 1. The van der Waals surface area contributed by atoms with E-state index in [4.69, 9.17) is 0 Å². The second-order valence-corrected chi connectivity index (χ2v) is 8.31. The van der Waals surface area contributed by atoms with Gasteiger partial charge in [-0.1, -0.05) is 26.7 Å². The van der Waals surface area contributed by atoms with E-state index in [-0.39, 0.29) is 11.4 Å². The lowest BCUT2D eigenvalue weighted by atomic mass is 9.73. The number of rotatable bonds is 3. The van der Waals surface area contributed by atoms with Gasteiger partial charge in [-0.3, -0.25) is 4.90 Å². The highest BCUT2D eigenvalue weighted by molar-refractivity contribution is 5.74. The molecule has 0 aromatic heterocycles. The molecule has 0 radical (unpaired) electrons. The summed E-state index contributed by atoms with van der Waals surface area (Å²) in [4.78, 5) is 16.6. The predicted molar refractivity (Wildman–Crippen MR) is 88.9 cm³/mol. The van der Waals surface area contributed by atoms with Gasteiger partial charge in [-0.15, -0.1) is 0 Å². The summed E-state index contributed by atoms with van der Waals surface area (Å²) in [6.07, 6.45) is 4.78. The summed E-state index contributed by atoms with van der Waals surface area (Å²) < 4.78 is 0. The van der Waals surface area contributed by atoms with Gasteiger partial charge in [-0.05, 0) is 32.1 Å². The number of urea groups is 1. The van der Waals surface area contributed by atoms with Crippen LogP contribution in [0.15, 0.2) is 0 Å². The molecule has 1 unspecified atom stereocenters. The smallest absolute Gasteiger partial charge is 0.317 e. The zero-order valence-electron chi connectivity index (χ0n) is 14.7. The molecule has 0 spiro atoms. The molecule has 5 heteroatoms. The summed E-state index contributed by atoms with van der Waals surface area (Å²) >= 11 is 0. The van der Waals surface area contributed by atoms with Crippen LogP contribution in [0.4, 0.5) is 4.79 Å². The SMILES string of the molecule is CC(C)(O)CN1CCN(C(=O)NC2CCCCC2(C)C)CC1. The number of carbonyl (C=O) groups excluding carboxylic acids is 1. The summed E-state index contributed by atoms with van der Waals surface area (Å²) in [5.74, 6) is 0. The van der Waals surface area contributed by atoms with Crippen LogP contribution in [0.3, 0.4) is 0 Å². The van der Waals surface area contributed by atoms with Crippen LogP contribution in [0.2, 0.25) is 0 Å². The fourth-order valence-electron chi connectivity index (χ4n) is 3.66. The third-order valence-electron chi connectivity index (χ3n) is 5.07. The molecule has 128 valence electrons. The number of nitrogens with zero attached hydrogens (tertiary/aromatic N) is 2. The Morgan fingerprint density at radius 3 is 2.41 bits per heavy atom. The third kappa shape index (κ3) is 4.85. The number of carbonyl (C=O) groups is 1. The molecule has 1 saturated heterocycles. The van der Waals surface area contributed by atoms with Gasteiger partial charge in [0.05, 0.1) is 5.60 Å². The molecule has 1 saturated carbocycles. The number of β-amino-alcohol motifs (C(OH)–C–C–N with tert-alkyl or cyclic N) is 1. The number of hydrogen-bond acceptors (Lipinski definition) is 3. The van der Waals surface area contributed by atoms with E-state index in [2.05, 4.69) is 24.1 Å². The van der Waals surface area contributed by atoms with E-state index in [1.54, 1.807) is 0 Å². The standard InChI is InChI=1S/C17H33N3O2/c1-16(2)8-6-5-7-14(16)18-15(21)20-11-9-19(10-12-20)13-17(3,4)22/h14,22H,5-13H2,1-4H3,(H,18,21). The lowest BCUT2D eigenvalue weighted by Gasteiger charge is -2.42. The van der Waals surface area contributed by atoms with Gasteiger partial charge < -0.3 is 15.3 Å². The van der Waals surface area contributed by atoms with Crippen LogP contribution >= 0.6 is 0 Å². The van der Waals surface area contributed by atoms with Crippen LogP contribution in [-0.2, 0) is 0 Å². The molecule has 2 N–H and O–H groups in total. The minimum absolute atomic E-state index is 0.0860. The average Bonchev–Trinajstić information content (AvgIpc) is 2.40. The molecule has 5 nitrogen and oxygen atoms in total. The van der Waals surface area contributed by atoms with Gasteiger partial charge >= 0.3 is 6.03 Å². The first-order valence-corrected chi connectivity index (χ1v) is 8.68. The van der Waals surface area contributed by atoms with Gasteiger partial charge in [0.2, 0.25) is 0 Å². The Morgan fingerprint density at radius 2 is 1.86 bits per heavy atom. The van der Waals surface area contributed by atoms with Crippen molar-refractivity contribution >= 4 is 6.03 Å². The Bertz CT molecular complexity index is 382. The zero-order valence-corrected chi connectivity index (χ0v) is 14.7. The summed E-state index contributed by atoms with van der Waals surface area (Å²) in [6, 6.07) is 0.381. The fourth-order valence-corrected chi connectivity index (χ4v) is 3.66. The van der Waals surface area contributed by atoms with Crippen molar-refractivity contribution in [2.24, 2.45) is 5.41 Å². The fraction of sp³-hybridized carbons (Fsp3) is 0.941. The second-order valence-electron chi connectivity index (χ2n) is 8.31. The molecule has 0 aromatic rings. The van der Waals surface area contributed by atoms with Crippen LogP contribution in [-0.4, -0.2) is 65.3 Å². The Kier molecular flexibility index (Phi) is 5.38. The monoisotopic (exact) mass is 311 g/mol. The maximum absolute atomic E-state index is 12.5. The Labute approximate surface area is 135 Å². The zero-order chi connectivity index (χ0) is 16.4. The normalized spacial score (nSPS) is 26.8. The highest BCUT2D eigenvalue weighted by atomic mass is 16.3. The van der Waals surface area contributed by atoms with Crippen molar-refractivity contribution in [3.05, 3.63) is 0 Å². The molecule has 0 bridgehead atoms. The van der Waals surface area contributed by atoms with Gasteiger partial charge in [0.25, 0.3) is 0 Å². The van der Waals surface area contributed by atoms with E-state index in [1.165, 1.54) is 19.3 Å². The number of amides is 2. The number of piperazine rings is 1. The molecule has 2 rings (SSSR count). The van der Waals surface area contributed by atoms with Crippen LogP contribution < -0.4 is 5.32 Å². The molecular formula is C17H33N3O2. The van der Waals surface area contributed by atoms with Crippen LogP contribution in [0, 0.1) is 5.41 Å². The summed E-state index contributed by atoms with van der Waals surface area (Å²) in [5.41, 5.74) is -0.465. The molecule has 2 fully saturated rings. The van der Waals surface area contributed by atoms with Crippen molar-refractivity contribution < 1.29 is 9.90 Å². The van der Waals surface area contributed by atoms with Crippen molar-refractivity contribution in [2.45, 2.75) is 65.0 Å². The first-order valence-electron chi connectivity index (χ1n) is 8.68. The quantitative estimate of drug-likeness (QED) is 0.839. The van der Waals surface area contributed by atoms with Crippen molar-refractivity contribution in [1.29, 1.82) is 0 Å². The molecular weight excluding hydrogens is 278 g/mol. The van der Waals surface area contributed by atoms with Crippen molar-refractivity contribution in [1.82, 2.24) is 15.1 Å². The Hall–Kier alpha value is -0.810. The van der Waals surface area contributed by atoms with Crippen molar-refractivity contribution in [3.8, 4) is 0 Å². The van der Waals surface area contributed by atoms with Gasteiger partial charge in [0.15, 0.2) is 0 Å². The molecule has 1 atom stereocenters.